The van der Waals surface area contributed by atoms with Crippen molar-refractivity contribution in [1.82, 2.24) is 8.80 Å². The minimum absolute atomic E-state index is 0.663. The highest BCUT2D eigenvalue weighted by molar-refractivity contribution is 6.31. The van der Waals surface area contributed by atoms with Crippen LogP contribution in [0.1, 0.15) is 11.1 Å². The molecule has 4 heterocycles. The Morgan fingerprint density at radius 3 is 1.21 bits per heavy atom. The summed E-state index contributed by atoms with van der Waals surface area (Å²) < 4.78 is 4.91. The fourth-order valence-corrected chi connectivity index (χ4v) is 8.44. The molecule has 0 atom stereocenters. The van der Waals surface area contributed by atoms with Crippen molar-refractivity contribution in [3.05, 3.63) is 145 Å². The molecule has 4 aromatic heterocycles. The van der Waals surface area contributed by atoms with Gasteiger partial charge in [-0.15, -0.1) is 0 Å². The van der Waals surface area contributed by atoms with Gasteiger partial charge in [0.25, 0.3) is 0 Å². The largest absolute Gasteiger partial charge is 0.308 e. The summed E-state index contributed by atoms with van der Waals surface area (Å²) in [5.74, 6) is 0. The molecule has 0 radical (unpaired) electrons. The van der Waals surface area contributed by atoms with Gasteiger partial charge in [-0.2, -0.15) is 10.5 Å². The molecule has 0 aliphatic carbocycles. The molecule has 0 saturated carbocycles. The predicted molar refractivity (Wildman–Crippen MR) is 196 cm³/mol. The average Bonchev–Trinajstić information content (AvgIpc) is 3.87. The van der Waals surface area contributed by atoms with Crippen LogP contribution in [-0.2, 0) is 0 Å². The molecule has 218 valence electrons. The van der Waals surface area contributed by atoms with Gasteiger partial charge in [0, 0.05) is 43.1 Å². The molecule has 0 aliphatic heterocycles. The third-order valence-electron chi connectivity index (χ3n) is 10.5. The summed E-state index contributed by atoms with van der Waals surface area (Å²) in [7, 11) is 0. The van der Waals surface area contributed by atoms with Crippen molar-refractivity contribution >= 4 is 76.2 Å². The number of benzene rings is 7. The smallest absolute Gasteiger partial charge is 0.0991 e. The maximum Gasteiger partial charge on any atom is 0.0991 e. The Labute approximate surface area is 273 Å². The van der Waals surface area contributed by atoms with Gasteiger partial charge in [-0.25, -0.2) is 0 Å². The summed E-state index contributed by atoms with van der Waals surface area (Å²) in [6.07, 6.45) is 0. The van der Waals surface area contributed by atoms with E-state index in [0.717, 1.165) is 11.1 Å². The number of para-hydroxylation sites is 2. The second kappa shape index (κ2) is 8.89. The van der Waals surface area contributed by atoms with Crippen LogP contribution in [0.15, 0.2) is 133 Å². The molecule has 4 heteroatoms. The van der Waals surface area contributed by atoms with Crippen LogP contribution in [0.5, 0.6) is 0 Å². The van der Waals surface area contributed by atoms with E-state index in [2.05, 4.69) is 130 Å². The van der Waals surface area contributed by atoms with Crippen LogP contribution in [-0.4, -0.2) is 8.80 Å². The van der Waals surface area contributed by atoms with Crippen molar-refractivity contribution in [1.29, 1.82) is 10.5 Å². The summed E-state index contributed by atoms with van der Waals surface area (Å²) in [4.78, 5) is 0. The zero-order valence-electron chi connectivity index (χ0n) is 25.5. The molecule has 4 nitrogen and oxygen atoms in total. The van der Waals surface area contributed by atoms with E-state index in [1.165, 1.54) is 87.3 Å². The van der Waals surface area contributed by atoms with E-state index in [9.17, 15) is 10.5 Å². The van der Waals surface area contributed by atoms with Gasteiger partial charge >= 0.3 is 0 Å². The van der Waals surface area contributed by atoms with Gasteiger partial charge in [0.05, 0.1) is 56.4 Å². The first-order valence-electron chi connectivity index (χ1n) is 16.1. The minimum atomic E-state index is 0.663. The zero-order chi connectivity index (χ0) is 31.7. The van der Waals surface area contributed by atoms with E-state index in [1.807, 2.05) is 24.3 Å². The van der Waals surface area contributed by atoms with E-state index in [1.54, 1.807) is 0 Å². The Hall–Kier alpha value is -6.88. The fraction of sp³-hybridized carbons (Fsp3) is 0. The van der Waals surface area contributed by atoms with Gasteiger partial charge in [0.2, 0.25) is 0 Å². The van der Waals surface area contributed by atoms with Crippen LogP contribution in [0.3, 0.4) is 0 Å². The van der Waals surface area contributed by atoms with Gasteiger partial charge in [0.1, 0.15) is 0 Å². The zero-order valence-corrected chi connectivity index (χ0v) is 25.5. The van der Waals surface area contributed by atoms with Crippen LogP contribution in [0, 0.1) is 22.7 Å². The summed E-state index contributed by atoms with van der Waals surface area (Å²) in [5, 5.41) is 28.7. The molecule has 11 rings (SSSR count). The Kier molecular flexibility index (Phi) is 4.69. The molecule has 0 fully saturated rings. The van der Waals surface area contributed by atoms with Crippen LogP contribution >= 0.6 is 0 Å². The predicted octanol–water partition coefficient (Wildman–Crippen LogP) is 11.1. The van der Waals surface area contributed by atoms with E-state index < -0.39 is 0 Å². The quantitative estimate of drug-likeness (QED) is 0.197. The molecule has 0 bridgehead atoms. The molecule has 0 N–H and O–H groups in total. The second-order valence-electron chi connectivity index (χ2n) is 12.7. The van der Waals surface area contributed by atoms with Crippen molar-refractivity contribution in [2.24, 2.45) is 0 Å². The monoisotopic (exact) mass is 606 g/mol. The molecule has 0 spiro atoms. The third-order valence-corrected chi connectivity index (χ3v) is 10.5. The normalized spacial score (nSPS) is 12.1. The maximum absolute atomic E-state index is 9.40. The summed E-state index contributed by atoms with van der Waals surface area (Å²) >= 11 is 0. The van der Waals surface area contributed by atoms with E-state index >= 15 is 0 Å². The highest BCUT2D eigenvalue weighted by Crippen LogP contribution is 2.48. The minimum Gasteiger partial charge on any atom is -0.308 e. The molecule has 48 heavy (non-hydrogen) atoms. The Bertz CT molecular complexity index is 3000. The topological polar surface area (TPSA) is 56.4 Å². The van der Waals surface area contributed by atoms with Crippen LogP contribution in [0.4, 0.5) is 0 Å². The first-order valence-corrected chi connectivity index (χ1v) is 16.1. The molecule has 0 unspecified atom stereocenters. The maximum atomic E-state index is 9.40. The standard InChI is InChI=1S/C44H22N4/c45-23-25-9-13-27(14-10-25)29-17-19-31-35-22-40-36(21-39(35)47-37-7-3-1-5-33(37)41(29)43(31)47)32-20-18-30(28-15-11-26(24-46)12-16-28)42-34-6-2-4-8-38(34)48(40)44(32)42/h1-22H. The van der Waals surface area contributed by atoms with Crippen molar-refractivity contribution in [3.8, 4) is 34.4 Å². The lowest BCUT2D eigenvalue weighted by Gasteiger charge is -2.06. The number of aromatic nitrogens is 2. The first kappa shape index (κ1) is 25.3. The summed E-state index contributed by atoms with van der Waals surface area (Å²) in [6, 6.07) is 51.6. The molecular formula is C44H22N4. The third kappa shape index (κ3) is 3.02. The number of nitriles is 2. The highest BCUT2D eigenvalue weighted by Gasteiger charge is 2.24. The highest BCUT2D eigenvalue weighted by atomic mass is 14.9. The van der Waals surface area contributed by atoms with Gasteiger partial charge in [0.15, 0.2) is 0 Å². The van der Waals surface area contributed by atoms with E-state index in [-0.39, 0.29) is 0 Å². The van der Waals surface area contributed by atoms with Crippen molar-refractivity contribution in [3.63, 3.8) is 0 Å². The number of hydrogen-bond donors (Lipinski definition) is 0. The van der Waals surface area contributed by atoms with E-state index in [0.29, 0.717) is 11.1 Å². The van der Waals surface area contributed by atoms with Crippen molar-refractivity contribution in [2.45, 2.75) is 0 Å². The van der Waals surface area contributed by atoms with Crippen LogP contribution in [0.25, 0.3) is 98.4 Å². The lowest BCUT2D eigenvalue weighted by atomic mass is 9.96. The van der Waals surface area contributed by atoms with Gasteiger partial charge in [-0.1, -0.05) is 84.9 Å². The Balaban J connectivity index is 1.28. The fourth-order valence-electron chi connectivity index (χ4n) is 8.44. The lowest BCUT2D eigenvalue weighted by Crippen LogP contribution is -1.83. The lowest BCUT2D eigenvalue weighted by molar-refractivity contribution is 1.36. The van der Waals surface area contributed by atoms with Gasteiger partial charge in [-0.05, 0) is 70.8 Å². The van der Waals surface area contributed by atoms with Crippen molar-refractivity contribution in [2.75, 3.05) is 0 Å². The van der Waals surface area contributed by atoms with Crippen LogP contribution < -0.4 is 0 Å². The van der Waals surface area contributed by atoms with Crippen LogP contribution in [0.2, 0.25) is 0 Å². The Morgan fingerprint density at radius 1 is 0.375 bits per heavy atom. The number of nitrogens with zero attached hydrogens (tertiary/aromatic N) is 4. The summed E-state index contributed by atoms with van der Waals surface area (Å²) in [5.41, 5.74) is 13.1. The first-order chi connectivity index (χ1) is 23.7. The van der Waals surface area contributed by atoms with Gasteiger partial charge in [-0.3, -0.25) is 0 Å². The SMILES string of the molecule is N#Cc1ccc(-c2ccc3c4cc5c(cc4n4c6ccccc6c2c34)c2ccc(-c3ccc(C#N)cc3)c3c4ccccc4n5c23)cc1. The Morgan fingerprint density at radius 2 is 0.792 bits per heavy atom. The number of hydrogen-bond acceptors (Lipinski definition) is 2. The molecule has 0 aliphatic rings. The summed E-state index contributed by atoms with van der Waals surface area (Å²) in [6.45, 7) is 0. The molecule has 0 saturated heterocycles. The number of rotatable bonds is 2. The molecule has 11 aromatic rings. The molecular weight excluding hydrogens is 585 g/mol. The molecule has 7 aromatic carbocycles. The second-order valence-corrected chi connectivity index (χ2v) is 12.7. The van der Waals surface area contributed by atoms with E-state index in [4.69, 9.17) is 0 Å². The number of fused-ring (bicyclic) bond motifs is 12. The van der Waals surface area contributed by atoms with Gasteiger partial charge < -0.3 is 8.80 Å². The average molecular weight is 607 g/mol. The molecule has 0 amide bonds. The van der Waals surface area contributed by atoms with Crippen molar-refractivity contribution < 1.29 is 0 Å².